The Hall–Kier alpha value is -0.180. The van der Waals surface area contributed by atoms with Gasteiger partial charge in [-0.05, 0) is 39.7 Å². The van der Waals surface area contributed by atoms with Crippen molar-refractivity contribution in [1.29, 1.82) is 0 Å². The summed E-state index contributed by atoms with van der Waals surface area (Å²) >= 11 is 0. The summed E-state index contributed by atoms with van der Waals surface area (Å²) < 4.78 is 25.6. The molecule has 0 spiro atoms. The van der Waals surface area contributed by atoms with Gasteiger partial charge in [-0.15, -0.1) is 0 Å². The summed E-state index contributed by atoms with van der Waals surface area (Å²) in [5.74, 6) is -2.24. The molecule has 1 nitrogen and oxygen atoms in total. The predicted molar refractivity (Wildman–Crippen MR) is 50.0 cm³/mol. The molecular formula is C10H19F2N. The lowest BCUT2D eigenvalue weighted by atomic mass is 10.0. The largest absolute Gasteiger partial charge is 0.312 e. The molecule has 0 aromatic carbocycles. The summed E-state index contributed by atoms with van der Waals surface area (Å²) in [6.45, 7) is 6.89. The van der Waals surface area contributed by atoms with E-state index in [0.717, 1.165) is 6.54 Å². The van der Waals surface area contributed by atoms with Crippen molar-refractivity contribution in [1.82, 2.24) is 5.32 Å². The molecule has 0 heterocycles. The zero-order valence-corrected chi connectivity index (χ0v) is 8.66. The first-order valence-electron chi connectivity index (χ1n) is 4.91. The van der Waals surface area contributed by atoms with E-state index in [2.05, 4.69) is 26.1 Å². The third kappa shape index (κ3) is 4.03. The lowest BCUT2D eigenvalue weighted by Crippen LogP contribution is -2.38. The SMILES string of the molecule is CC(C)(C)NCC1CCC(F)(F)C1. The van der Waals surface area contributed by atoms with E-state index in [9.17, 15) is 8.78 Å². The van der Waals surface area contributed by atoms with Gasteiger partial charge in [-0.1, -0.05) is 0 Å². The van der Waals surface area contributed by atoms with E-state index in [0.29, 0.717) is 6.42 Å². The van der Waals surface area contributed by atoms with Gasteiger partial charge in [0.25, 0.3) is 0 Å². The average Bonchev–Trinajstić information content (AvgIpc) is 2.24. The smallest absolute Gasteiger partial charge is 0.248 e. The summed E-state index contributed by atoms with van der Waals surface area (Å²) in [4.78, 5) is 0. The molecule has 0 radical (unpaired) electrons. The Morgan fingerprint density at radius 3 is 2.38 bits per heavy atom. The normalized spacial score (nSPS) is 27.9. The molecule has 0 aromatic heterocycles. The van der Waals surface area contributed by atoms with E-state index in [1.807, 2.05) is 0 Å². The van der Waals surface area contributed by atoms with Gasteiger partial charge >= 0.3 is 0 Å². The zero-order valence-electron chi connectivity index (χ0n) is 8.66. The minimum absolute atomic E-state index is 0.0396. The molecule has 1 unspecified atom stereocenters. The van der Waals surface area contributed by atoms with Crippen LogP contribution in [0.3, 0.4) is 0 Å². The standard InChI is InChI=1S/C10H19F2N/c1-9(2,3)13-7-8-4-5-10(11,12)6-8/h8,13H,4-7H2,1-3H3. The van der Waals surface area contributed by atoms with Crippen LogP contribution in [0, 0.1) is 5.92 Å². The summed E-state index contributed by atoms with van der Waals surface area (Å²) in [6.07, 6.45) is 0.801. The molecule has 1 N–H and O–H groups in total. The summed E-state index contributed by atoms with van der Waals surface area (Å²) in [5, 5.41) is 3.27. The minimum Gasteiger partial charge on any atom is -0.312 e. The highest BCUT2D eigenvalue weighted by atomic mass is 19.3. The zero-order chi connectivity index (χ0) is 10.1. The van der Waals surface area contributed by atoms with Crippen molar-refractivity contribution >= 4 is 0 Å². The molecule has 0 amide bonds. The van der Waals surface area contributed by atoms with E-state index >= 15 is 0 Å². The van der Waals surface area contributed by atoms with Gasteiger partial charge < -0.3 is 5.32 Å². The monoisotopic (exact) mass is 191 g/mol. The number of alkyl halides is 2. The fourth-order valence-corrected chi connectivity index (χ4v) is 1.67. The van der Waals surface area contributed by atoms with Gasteiger partial charge in [-0.2, -0.15) is 0 Å². The molecule has 1 rings (SSSR count). The molecule has 0 bridgehead atoms. The van der Waals surface area contributed by atoms with Crippen LogP contribution in [0.25, 0.3) is 0 Å². The fraction of sp³-hybridized carbons (Fsp3) is 1.00. The van der Waals surface area contributed by atoms with E-state index in [1.165, 1.54) is 0 Å². The number of rotatable bonds is 2. The first-order valence-corrected chi connectivity index (χ1v) is 4.91. The van der Waals surface area contributed by atoms with E-state index < -0.39 is 5.92 Å². The summed E-state index contributed by atoms with van der Waals surface area (Å²) in [7, 11) is 0. The Morgan fingerprint density at radius 2 is 2.00 bits per heavy atom. The van der Waals surface area contributed by atoms with Gasteiger partial charge in [0.1, 0.15) is 0 Å². The van der Waals surface area contributed by atoms with Crippen LogP contribution in [0.5, 0.6) is 0 Å². The van der Waals surface area contributed by atoms with Gasteiger partial charge in [-0.3, -0.25) is 0 Å². The molecular weight excluding hydrogens is 172 g/mol. The highest BCUT2D eigenvalue weighted by molar-refractivity contribution is 4.84. The molecule has 3 heteroatoms. The molecule has 1 saturated carbocycles. The Kier molecular flexibility index (Phi) is 2.95. The number of nitrogens with one attached hydrogen (secondary N) is 1. The van der Waals surface area contributed by atoms with Crippen molar-refractivity contribution < 1.29 is 8.78 Å². The fourth-order valence-electron chi connectivity index (χ4n) is 1.67. The van der Waals surface area contributed by atoms with Crippen molar-refractivity contribution in [3.8, 4) is 0 Å². The quantitative estimate of drug-likeness (QED) is 0.707. The van der Waals surface area contributed by atoms with Gasteiger partial charge in [0.05, 0.1) is 0 Å². The van der Waals surface area contributed by atoms with Crippen LogP contribution in [0.4, 0.5) is 8.78 Å². The Bertz CT molecular complexity index is 172. The van der Waals surface area contributed by atoms with Gasteiger partial charge in [0.2, 0.25) is 5.92 Å². The average molecular weight is 191 g/mol. The lowest BCUT2D eigenvalue weighted by molar-refractivity contribution is 0.00485. The molecule has 1 aliphatic rings. The van der Waals surface area contributed by atoms with Crippen molar-refractivity contribution in [3.05, 3.63) is 0 Å². The van der Waals surface area contributed by atoms with Crippen molar-refractivity contribution in [3.63, 3.8) is 0 Å². The summed E-state index contributed by atoms with van der Waals surface area (Å²) in [5.41, 5.74) is 0.0396. The van der Waals surface area contributed by atoms with Crippen LogP contribution in [-0.2, 0) is 0 Å². The van der Waals surface area contributed by atoms with E-state index in [4.69, 9.17) is 0 Å². The molecule has 0 aromatic rings. The molecule has 1 atom stereocenters. The Morgan fingerprint density at radius 1 is 1.38 bits per heavy atom. The highest BCUT2D eigenvalue weighted by Crippen LogP contribution is 2.38. The van der Waals surface area contributed by atoms with Crippen molar-refractivity contribution in [2.75, 3.05) is 6.54 Å². The van der Waals surface area contributed by atoms with Crippen LogP contribution in [-0.4, -0.2) is 18.0 Å². The third-order valence-electron chi connectivity index (χ3n) is 2.43. The molecule has 1 aliphatic carbocycles. The maximum Gasteiger partial charge on any atom is 0.248 e. The summed E-state index contributed by atoms with van der Waals surface area (Å²) in [6, 6.07) is 0. The van der Waals surface area contributed by atoms with E-state index in [-0.39, 0.29) is 24.3 Å². The van der Waals surface area contributed by atoms with Crippen LogP contribution in [0.2, 0.25) is 0 Å². The van der Waals surface area contributed by atoms with Crippen LogP contribution in [0.1, 0.15) is 40.0 Å². The maximum absolute atomic E-state index is 12.8. The second-order valence-corrected chi connectivity index (χ2v) is 5.10. The molecule has 0 aliphatic heterocycles. The molecule has 78 valence electrons. The topological polar surface area (TPSA) is 12.0 Å². The van der Waals surface area contributed by atoms with Crippen LogP contribution in [0.15, 0.2) is 0 Å². The third-order valence-corrected chi connectivity index (χ3v) is 2.43. The van der Waals surface area contributed by atoms with Crippen LogP contribution < -0.4 is 5.32 Å². The first-order chi connectivity index (χ1) is 5.79. The lowest BCUT2D eigenvalue weighted by Gasteiger charge is -2.23. The van der Waals surface area contributed by atoms with E-state index in [1.54, 1.807) is 0 Å². The molecule has 0 saturated heterocycles. The van der Waals surface area contributed by atoms with Gasteiger partial charge in [0, 0.05) is 18.4 Å². The van der Waals surface area contributed by atoms with Gasteiger partial charge in [-0.25, -0.2) is 8.78 Å². The van der Waals surface area contributed by atoms with Crippen molar-refractivity contribution in [2.45, 2.75) is 51.5 Å². The Labute approximate surface area is 78.9 Å². The first kappa shape index (κ1) is 10.9. The second kappa shape index (κ2) is 3.52. The maximum atomic E-state index is 12.8. The number of hydrogen-bond acceptors (Lipinski definition) is 1. The predicted octanol–water partition coefficient (Wildman–Crippen LogP) is 2.81. The minimum atomic E-state index is -2.40. The highest BCUT2D eigenvalue weighted by Gasteiger charge is 2.39. The Balaban J connectivity index is 2.25. The van der Waals surface area contributed by atoms with Gasteiger partial charge in [0.15, 0.2) is 0 Å². The number of hydrogen-bond donors (Lipinski definition) is 1. The second-order valence-electron chi connectivity index (χ2n) is 5.10. The van der Waals surface area contributed by atoms with Crippen molar-refractivity contribution in [2.24, 2.45) is 5.92 Å². The number of halogens is 2. The molecule has 1 fully saturated rings. The van der Waals surface area contributed by atoms with Crippen LogP contribution >= 0.6 is 0 Å². The molecule has 13 heavy (non-hydrogen) atoms.